The summed E-state index contributed by atoms with van der Waals surface area (Å²) in [7, 11) is 0. The monoisotopic (exact) mass is 220 g/mol. The van der Waals surface area contributed by atoms with Crippen LogP contribution in [0.2, 0.25) is 0 Å². The molecule has 1 heterocycles. The van der Waals surface area contributed by atoms with Crippen molar-refractivity contribution < 1.29 is 0 Å². The number of hydrogen-bond donors (Lipinski definition) is 2. The maximum Gasteiger partial charge on any atom is 0.146 e. The Morgan fingerprint density at radius 1 is 1.25 bits per heavy atom. The van der Waals surface area contributed by atoms with Crippen molar-refractivity contribution in [2.24, 2.45) is 5.92 Å². The predicted octanol–water partition coefficient (Wildman–Crippen LogP) is 2.51. The third-order valence-corrected chi connectivity index (χ3v) is 2.99. The molecule has 2 rings (SSSR count). The number of hydrogen-bond acceptors (Lipinski definition) is 4. The molecule has 4 nitrogen and oxygen atoms in total. The van der Waals surface area contributed by atoms with E-state index < -0.39 is 0 Å². The molecule has 0 amide bonds. The maximum atomic E-state index is 4.46. The van der Waals surface area contributed by atoms with Crippen LogP contribution in [0.3, 0.4) is 0 Å². The molecule has 0 radical (unpaired) electrons. The highest BCUT2D eigenvalue weighted by Crippen LogP contribution is 2.26. The van der Waals surface area contributed by atoms with Gasteiger partial charge in [0.2, 0.25) is 0 Å². The molecule has 1 saturated carbocycles. The Hall–Kier alpha value is -1.32. The van der Waals surface area contributed by atoms with Crippen LogP contribution in [0.15, 0.2) is 12.4 Å². The van der Waals surface area contributed by atoms with Crippen LogP contribution in [0.4, 0.5) is 11.6 Å². The first-order valence-electron chi connectivity index (χ1n) is 6.18. The van der Waals surface area contributed by atoms with Crippen molar-refractivity contribution in [1.82, 2.24) is 9.97 Å². The number of nitrogens with zero attached hydrogens (tertiary/aromatic N) is 2. The van der Waals surface area contributed by atoms with Crippen LogP contribution in [-0.2, 0) is 0 Å². The molecule has 0 aliphatic heterocycles. The molecule has 1 aromatic rings. The first kappa shape index (κ1) is 11.2. The van der Waals surface area contributed by atoms with E-state index in [-0.39, 0.29) is 0 Å². The molecule has 0 bridgehead atoms. The molecule has 0 saturated heterocycles. The van der Waals surface area contributed by atoms with Gasteiger partial charge < -0.3 is 10.6 Å². The van der Waals surface area contributed by atoms with Crippen molar-refractivity contribution in [3.8, 4) is 0 Å². The van der Waals surface area contributed by atoms with Gasteiger partial charge in [0.1, 0.15) is 11.6 Å². The summed E-state index contributed by atoms with van der Waals surface area (Å²) in [6.07, 6.45) is 8.75. The molecule has 0 aromatic carbocycles. The Kier molecular flexibility index (Phi) is 3.97. The summed E-state index contributed by atoms with van der Waals surface area (Å²) in [6, 6.07) is 0. The lowest BCUT2D eigenvalue weighted by molar-refractivity contribution is 0.333. The normalized spacial score (nSPS) is 15.6. The molecular formula is C12H20N4. The van der Waals surface area contributed by atoms with Crippen LogP contribution < -0.4 is 10.6 Å². The van der Waals surface area contributed by atoms with Crippen LogP contribution in [0.1, 0.15) is 32.6 Å². The van der Waals surface area contributed by atoms with Gasteiger partial charge in [-0.15, -0.1) is 0 Å². The van der Waals surface area contributed by atoms with Crippen LogP contribution in [0.25, 0.3) is 0 Å². The standard InChI is InChI=1S/C12H20N4/c1-2-6-14-11-8-13-9-12(16-11)15-7-10-4-3-5-10/h8-10H,2-7H2,1H3,(H2,14,15,16). The number of anilines is 2. The van der Waals surface area contributed by atoms with Gasteiger partial charge in [-0.25, -0.2) is 4.98 Å². The third kappa shape index (κ3) is 3.08. The highest BCUT2D eigenvalue weighted by Gasteiger charge is 2.16. The first-order chi connectivity index (χ1) is 7.88. The van der Waals surface area contributed by atoms with E-state index in [1.807, 2.05) is 0 Å². The zero-order valence-electron chi connectivity index (χ0n) is 9.87. The second-order valence-electron chi connectivity index (χ2n) is 4.39. The van der Waals surface area contributed by atoms with Gasteiger partial charge in [0.15, 0.2) is 0 Å². The van der Waals surface area contributed by atoms with Gasteiger partial charge in [0.05, 0.1) is 12.4 Å². The fraction of sp³-hybridized carbons (Fsp3) is 0.667. The summed E-state index contributed by atoms with van der Waals surface area (Å²) in [5, 5.41) is 6.59. The second kappa shape index (κ2) is 5.68. The molecule has 16 heavy (non-hydrogen) atoms. The van der Waals surface area contributed by atoms with Crippen LogP contribution >= 0.6 is 0 Å². The van der Waals surface area contributed by atoms with Crippen molar-refractivity contribution >= 4 is 11.6 Å². The van der Waals surface area contributed by atoms with Crippen molar-refractivity contribution in [2.45, 2.75) is 32.6 Å². The predicted molar refractivity (Wildman–Crippen MR) is 66.6 cm³/mol. The summed E-state index contributed by atoms with van der Waals surface area (Å²) >= 11 is 0. The molecule has 1 fully saturated rings. The SMILES string of the molecule is CCCNc1cncc(NCC2CCC2)n1. The van der Waals surface area contributed by atoms with Crippen molar-refractivity contribution in [2.75, 3.05) is 23.7 Å². The van der Waals surface area contributed by atoms with Crippen molar-refractivity contribution in [3.05, 3.63) is 12.4 Å². The van der Waals surface area contributed by atoms with E-state index in [2.05, 4.69) is 27.5 Å². The van der Waals surface area contributed by atoms with Gasteiger partial charge in [-0.05, 0) is 25.2 Å². The number of nitrogens with one attached hydrogen (secondary N) is 2. The molecule has 0 unspecified atom stereocenters. The fourth-order valence-electron chi connectivity index (χ4n) is 1.74. The zero-order valence-corrected chi connectivity index (χ0v) is 9.87. The van der Waals surface area contributed by atoms with Gasteiger partial charge in [-0.3, -0.25) is 4.98 Å². The van der Waals surface area contributed by atoms with Crippen LogP contribution in [0.5, 0.6) is 0 Å². The van der Waals surface area contributed by atoms with E-state index >= 15 is 0 Å². The highest BCUT2D eigenvalue weighted by atomic mass is 15.1. The maximum absolute atomic E-state index is 4.46. The summed E-state index contributed by atoms with van der Waals surface area (Å²) in [4.78, 5) is 8.63. The van der Waals surface area contributed by atoms with Gasteiger partial charge in [0, 0.05) is 13.1 Å². The second-order valence-corrected chi connectivity index (χ2v) is 4.39. The molecule has 4 heteroatoms. The van der Waals surface area contributed by atoms with E-state index in [1.54, 1.807) is 12.4 Å². The molecule has 1 aliphatic carbocycles. The van der Waals surface area contributed by atoms with Crippen LogP contribution in [0, 0.1) is 5.92 Å². The first-order valence-corrected chi connectivity index (χ1v) is 6.18. The largest absolute Gasteiger partial charge is 0.369 e. The third-order valence-electron chi connectivity index (χ3n) is 2.99. The number of aromatic nitrogens is 2. The Bertz CT molecular complexity index is 323. The Labute approximate surface area is 96.9 Å². The summed E-state index contributed by atoms with van der Waals surface area (Å²) in [5.41, 5.74) is 0. The summed E-state index contributed by atoms with van der Waals surface area (Å²) in [5.74, 6) is 2.59. The minimum atomic E-state index is 0.842. The molecule has 0 spiro atoms. The van der Waals surface area contributed by atoms with Crippen LogP contribution in [-0.4, -0.2) is 23.1 Å². The molecular weight excluding hydrogens is 200 g/mol. The van der Waals surface area contributed by atoms with E-state index in [0.717, 1.165) is 37.1 Å². The lowest BCUT2D eigenvalue weighted by Gasteiger charge is -2.25. The average molecular weight is 220 g/mol. The lowest BCUT2D eigenvalue weighted by Crippen LogP contribution is -2.21. The summed E-state index contributed by atoms with van der Waals surface area (Å²) in [6.45, 7) is 4.12. The molecule has 2 N–H and O–H groups in total. The van der Waals surface area contributed by atoms with Crippen molar-refractivity contribution in [1.29, 1.82) is 0 Å². The topological polar surface area (TPSA) is 49.8 Å². The number of rotatable bonds is 6. The van der Waals surface area contributed by atoms with E-state index in [0.29, 0.717) is 0 Å². The van der Waals surface area contributed by atoms with Gasteiger partial charge in [-0.1, -0.05) is 13.3 Å². The quantitative estimate of drug-likeness (QED) is 0.773. The van der Waals surface area contributed by atoms with E-state index in [9.17, 15) is 0 Å². The minimum Gasteiger partial charge on any atom is -0.369 e. The lowest BCUT2D eigenvalue weighted by atomic mass is 9.85. The fourth-order valence-corrected chi connectivity index (χ4v) is 1.74. The Balaban J connectivity index is 1.82. The summed E-state index contributed by atoms with van der Waals surface area (Å²) < 4.78 is 0. The Morgan fingerprint density at radius 3 is 2.62 bits per heavy atom. The highest BCUT2D eigenvalue weighted by molar-refractivity contribution is 5.41. The molecule has 88 valence electrons. The average Bonchev–Trinajstić information content (AvgIpc) is 2.25. The molecule has 0 atom stereocenters. The smallest absolute Gasteiger partial charge is 0.146 e. The molecule has 1 aliphatic rings. The van der Waals surface area contributed by atoms with E-state index in [4.69, 9.17) is 0 Å². The molecule has 1 aromatic heterocycles. The van der Waals surface area contributed by atoms with Gasteiger partial charge in [0.25, 0.3) is 0 Å². The van der Waals surface area contributed by atoms with E-state index in [1.165, 1.54) is 19.3 Å². The minimum absolute atomic E-state index is 0.842. The van der Waals surface area contributed by atoms with Gasteiger partial charge in [-0.2, -0.15) is 0 Å². The Morgan fingerprint density at radius 2 is 2.00 bits per heavy atom. The zero-order chi connectivity index (χ0) is 11.2. The van der Waals surface area contributed by atoms with Gasteiger partial charge >= 0.3 is 0 Å². The van der Waals surface area contributed by atoms with Crippen molar-refractivity contribution in [3.63, 3.8) is 0 Å².